The summed E-state index contributed by atoms with van der Waals surface area (Å²) in [6, 6.07) is 10.2. The van der Waals surface area contributed by atoms with E-state index in [2.05, 4.69) is 9.88 Å². The van der Waals surface area contributed by atoms with Gasteiger partial charge in [-0.25, -0.2) is 4.39 Å². The molecule has 0 spiro atoms. The Labute approximate surface area is 127 Å². The van der Waals surface area contributed by atoms with Crippen molar-refractivity contribution in [3.8, 4) is 0 Å². The van der Waals surface area contributed by atoms with Crippen LogP contribution in [-0.4, -0.2) is 28.1 Å². The van der Waals surface area contributed by atoms with Gasteiger partial charge in [-0.15, -0.1) is 0 Å². The van der Waals surface area contributed by atoms with Crippen LogP contribution in [0.4, 0.5) is 4.39 Å². The second-order valence-electron chi connectivity index (χ2n) is 5.19. The van der Waals surface area contributed by atoms with E-state index in [1.165, 1.54) is 12.1 Å². The van der Waals surface area contributed by atoms with E-state index >= 15 is 0 Å². The monoisotopic (exact) mass is 300 g/mol. The van der Waals surface area contributed by atoms with Crippen LogP contribution in [-0.2, 0) is 13.1 Å². The molecule has 0 saturated heterocycles. The van der Waals surface area contributed by atoms with E-state index in [4.69, 9.17) is 4.42 Å². The first-order valence-electron chi connectivity index (χ1n) is 7.15. The van der Waals surface area contributed by atoms with Gasteiger partial charge < -0.3 is 9.52 Å². The summed E-state index contributed by atoms with van der Waals surface area (Å²) in [5, 5.41) is 9.98. The fourth-order valence-electron chi connectivity index (χ4n) is 2.47. The maximum Gasteiger partial charge on any atom is 0.134 e. The van der Waals surface area contributed by atoms with E-state index in [-0.39, 0.29) is 12.4 Å². The molecule has 3 aromatic rings. The zero-order chi connectivity index (χ0) is 15.4. The molecule has 1 aromatic carbocycles. The van der Waals surface area contributed by atoms with Gasteiger partial charge in [0.1, 0.15) is 17.2 Å². The van der Waals surface area contributed by atoms with Crippen molar-refractivity contribution in [2.24, 2.45) is 0 Å². The molecule has 0 amide bonds. The number of aliphatic hydroxyl groups is 1. The number of hydrogen-bond acceptors (Lipinski definition) is 4. The molecule has 2 heterocycles. The third-order valence-corrected chi connectivity index (χ3v) is 3.45. The average Bonchev–Trinajstić information content (AvgIpc) is 2.90. The first-order valence-corrected chi connectivity index (χ1v) is 7.15. The number of pyridine rings is 1. The summed E-state index contributed by atoms with van der Waals surface area (Å²) in [7, 11) is 0. The maximum atomic E-state index is 13.2. The highest BCUT2D eigenvalue weighted by atomic mass is 19.1. The van der Waals surface area contributed by atoms with Crippen molar-refractivity contribution < 1.29 is 13.9 Å². The zero-order valence-electron chi connectivity index (χ0n) is 12.1. The summed E-state index contributed by atoms with van der Waals surface area (Å²) >= 11 is 0. The van der Waals surface area contributed by atoms with Gasteiger partial charge in [-0.3, -0.25) is 9.88 Å². The van der Waals surface area contributed by atoms with E-state index in [9.17, 15) is 9.50 Å². The topological polar surface area (TPSA) is 49.5 Å². The van der Waals surface area contributed by atoms with Crippen LogP contribution in [0, 0.1) is 5.82 Å². The van der Waals surface area contributed by atoms with Crippen molar-refractivity contribution in [2.75, 3.05) is 13.2 Å². The predicted molar refractivity (Wildman–Crippen MR) is 81.6 cm³/mol. The van der Waals surface area contributed by atoms with Crippen molar-refractivity contribution >= 4 is 11.0 Å². The summed E-state index contributed by atoms with van der Waals surface area (Å²) in [5.74, 6) is 0.473. The highest BCUT2D eigenvalue weighted by Crippen LogP contribution is 2.21. The van der Waals surface area contributed by atoms with Gasteiger partial charge in [-0.2, -0.15) is 0 Å². The molecule has 0 radical (unpaired) electrons. The van der Waals surface area contributed by atoms with E-state index in [1.54, 1.807) is 18.5 Å². The quantitative estimate of drug-likeness (QED) is 0.760. The Morgan fingerprint density at radius 3 is 2.86 bits per heavy atom. The van der Waals surface area contributed by atoms with E-state index in [1.807, 2.05) is 18.2 Å². The molecular formula is C17H17FN2O2. The largest absolute Gasteiger partial charge is 0.460 e. The van der Waals surface area contributed by atoms with E-state index in [0.29, 0.717) is 25.2 Å². The Kier molecular flexibility index (Phi) is 4.46. The van der Waals surface area contributed by atoms with Crippen LogP contribution in [0.1, 0.15) is 11.3 Å². The van der Waals surface area contributed by atoms with Crippen molar-refractivity contribution in [2.45, 2.75) is 13.1 Å². The first kappa shape index (κ1) is 14.7. The summed E-state index contributed by atoms with van der Waals surface area (Å²) in [5.41, 5.74) is 1.74. The molecule has 4 nitrogen and oxygen atoms in total. The first-order chi connectivity index (χ1) is 10.7. The molecule has 5 heteroatoms. The third kappa shape index (κ3) is 3.50. The van der Waals surface area contributed by atoms with Crippen LogP contribution in [0.2, 0.25) is 0 Å². The second kappa shape index (κ2) is 6.68. The average molecular weight is 300 g/mol. The van der Waals surface area contributed by atoms with Gasteiger partial charge in [-0.1, -0.05) is 6.07 Å². The fourth-order valence-corrected chi connectivity index (χ4v) is 2.47. The van der Waals surface area contributed by atoms with Gasteiger partial charge >= 0.3 is 0 Å². The van der Waals surface area contributed by atoms with Crippen molar-refractivity contribution in [3.63, 3.8) is 0 Å². The van der Waals surface area contributed by atoms with Crippen LogP contribution in [0.15, 0.2) is 53.2 Å². The molecular weight excluding hydrogens is 283 g/mol. The molecule has 0 saturated carbocycles. The van der Waals surface area contributed by atoms with Gasteiger partial charge in [-0.05, 0) is 35.9 Å². The predicted octanol–water partition coefficient (Wildman–Crippen LogP) is 2.96. The Balaban J connectivity index is 1.76. The molecule has 2 aromatic heterocycles. The molecule has 0 aliphatic rings. The van der Waals surface area contributed by atoms with Gasteiger partial charge in [0, 0.05) is 30.9 Å². The number of fused-ring (bicyclic) bond motifs is 1. The fraction of sp³-hybridized carbons (Fsp3) is 0.235. The number of nitrogens with zero attached hydrogens (tertiary/aromatic N) is 2. The van der Waals surface area contributed by atoms with Crippen LogP contribution in [0.25, 0.3) is 11.0 Å². The van der Waals surface area contributed by atoms with Crippen LogP contribution in [0.3, 0.4) is 0 Å². The SMILES string of the molecule is OCCN(Cc1cccnc1)Cc1cc2cc(F)ccc2o1. The minimum atomic E-state index is -0.276. The number of aliphatic hydroxyl groups excluding tert-OH is 1. The van der Waals surface area contributed by atoms with Crippen molar-refractivity contribution in [3.05, 3.63) is 65.9 Å². The lowest BCUT2D eigenvalue weighted by Crippen LogP contribution is -2.25. The number of aromatic nitrogens is 1. The second-order valence-corrected chi connectivity index (χ2v) is 5.19. The lowest BCUT2D eigenvalue weighted by molar-refractivity contribution is 0.175. The van der Waals surface area contributed by atoms with Crippen LogP contribution < -0.4 is 0 Å². The van der Waals surface area contributed by atoms with Crippen molar-refractivity contribution in [1.82, 2.24) is 9.88 Å². The Morgan fingerprint density at radius 2 is 2.09 bits per heavy atom. The summed E-state index contributed by atoms with van der Waals surface area (Å²) < 4.78 is 19.0. The molecule has 0 bridgehead atoms. The standard InChI is InChI=1S/C17H17FN2O2/c18-15-3-4-17-14(8-15)9-16(22-17)12-20(6-7-21)11-13-2-1-5-19-10-13/h1-5,8-10,21H,6-7,11-12H2. The number of furan rings is 1. The number of benzene rings is 1. The lowest BCUT2D eigenvalue weighted by atomic mass is 10.2. The number of hydrogen-bond donors (Lipinski definition) is 1. The normalized spacial score (nSPS) is 11.4. The van der Waals surface area contributed by atoms with Gasteiger partial charge in [0.15, 0.2) is 0 Å². The van der Waals surface area contributed by atoms with Gasteiger partial charge in [0.2, 0.25) is 0 Å². The van der Waals surface area contributed by atoms with Crippen LogP contribution >= 0.6 is 0 Å². The molecule has 22 heavy (non-hydrogen) atoms. The molecule has 0 atom stereocenters. The Bertz CT molecular complexity index is 743. The minimum Gasteiger partial charge on any atom is -0.460 e. The lowest BCUT2D eigenvalue weighted by Gasteiger charge is -2.19. The molecule has 3 rings (SSSR count). The Morgan fingerprint density at radius 1 is 1.18 bits per heavy atom. The van der Waals surface area contributed by atoms with Crippen molar-refractivity contribution in [1.29, 1.82) is 0 Å². The highest BCUT2D eigenvalue weighted by Gasteiger charge is 2.11. The zero-order valence-corrected chi connectivity index (χ0v) is 12.1. The highest BCUT2D eigenvalue weighted by molar-refractivity contribution is 5.77. The smallest absolute Gasteiger partial charge is 0.134 e. The molecule has 0 fully saturated rings. The molecule has 114 valence electrons. The maximum absolute atomic E-state index is 13.2. The molecule has 1 N–H and O–H groups in total. The molecule has 0 aliphatic carbocycles. The van der Waals surface area contributed by atoms with E-state index in [0.717, 1.165) is 16.7 Å². The van der Waals surface area contributed by atoms with Gasteiger partial charge in [0.05, 0.1) is 13.2 Å². The summed E-state index contributed by atoms with van der Waals surface area (Å²) in [6.45, 7) is 1.81. The summed E-state index contributed by atoms with van der Waals surface area (Å²) in [4.78, 5) is 6.16. The Hall–Kier alpha value is -2.24. The summed E-state index contributed by atoms with van der Waals surface area (Å²) in [6.07, 6.45) is 3.53. The molecule has 0 unspecified atom stereocenters. The third-order valence-electron chi connectivity index (χ3n) is 3.45. The van der Waals surface area contributed by atoms with Crippen LogP contribution in [0.5, 0.6) is 0 Å². The van der Waals surface area contributed by atoms with Gasteiger partial charge in [0.25, 0.3) is 0 Å². The number of halogens is 1. The minimum absolute atomic E-state index is 0.0646. The molecule has 0 aliphatic heterocycles. The van der Waals surface area contributed by atoms with E-state index < -0.39 is 0 Å². The number of rotatable bonds is 6.